The molecular weight excluding hydrogens is 374 g/mol. The number of aliphatic hydroxyl groups excluding tert-OH is 1. The first-order chi connectivity index (χ1) is 13.2. The van der Waals surface area contributed by atoms with Crippen LogP contribution in [0.15, 0.2) is 47.5 Å². The summed E-state index contributed by atoms with van der Waals surface area (Å²) in [6.45, 7) is 4.87. The summed E-state index contributed by atoms with van der Waals surface area (Å²) in [5.74, 6) is 0.609. The first-order valence-corrected chi connectivity index (χ1v) is 11.0. The second-order valence-corrected chi connectivity index (χ2v) is 9.83. The molecule has 0 bridgehead atoms. The molecule has 1 fully saturated rings. The lowest BCUT2D eigenvalue weighted by molar-refractivity contribution is 0.111. The number of rotatable bonds is 6. The average Bonchev–Trinajstić information content (AvgIpc) is 3.39. The lowest BCUT2D eigenvalue weighted by Crippen LogP contribution is -2.50. The molecular formula is C21H25N3O3S. The van der Waals surface area contributed by atoms with Crippen LogP contribution in [0, 0.1) is 0 Å². The van der Waals surface area contributed by atoms with E-state index in [0.717, 1.165) is 22.2 Å². The Morgan fingerprint density at radius 3 is 2.50 bits per heavy atom. The highest BCUT2D eigenvalue weighted by Crippen LogP contribution is 2.41. The molecule has 3 N–H and O–H groups in total. The molecule has 1 aromatic carbocycles. The summed E-state index contributed by atoms with van der Waals surface area (Å²) in [5, 5.41) is 10.8. The van der Waals surface area contributed by atoms with Crippen LogP contribution >= 0.6 is 0 Å². The first-order valence-electron chi connectivity index (χ1n) is 9.47. The topological polar surface area (TPSA) is 95.1 Å². The Morgan fingerprint density at radius 1 is 1.21 bits per heavy atom. The van der Waals surface area contributed by atoms with Crippen molar-refractivity contribution in [1.29, 1.82) is 0 Å². The lowest BCUT2D eigenvalue weighted by Gasteiger charge is -2.28. The zero-order valence-electron chi connectivity index (χ0n) is 16.2. The summed E-state index contributed by atoms with van der Waals surface area (Å²) >= 11 is 0. The second kappa shape index (κ2) is 6.69. The molecule has 3 aromatic rings. The number of nitrogens with zero attached hydrogens (tertiary/aromatic N) is 1. The minimum atomic E-state index is -3.73. The van der Waals surface area contributed by atoms with Gasteiger partial charge in [-0.3, -0.25) is 0 Å². The highest BCUT2D eigenvalue weighted by atomic mass is 32.2. The van der Waals surface area contributed by atoms with E-state index in [1.165, 1.54) is 18.5 Å². The van der Waals surface area contributed by atoms with E-state index in [1.54, 1.807) is 39.1 Å². The number of fused-ring (bicyclic) bond motifs is 1. The van der Waals surface area contributed by atoms with Gasteiger partial charge in [-0.15, -0.1) is 0 Å². The summed E-state index contributed by atoms with van der Waals surface area (Å²) in [5.41, 5.74) is 3.08. The third-order valence-corrected chi connectivity index (χ3v) is 7.17. The van der Waals surface area contributed by atoms with Gasteiger partial charge in [0.2, 0.25) is 10.0 Å². The van der Waals surface area contributed by atoms with Crippen molar-refractivity contribution < 1.29 is 13.5 Å². The highest BCUT2D eigenvalue weighted by Gasteiger charge is 2.30. The molecule has 0 spiro atoms. The molecule has 7 heteroatoms. The van der Waals surface area contributed by atoms with Gasteiger partial charge in [0.15, 0.2) is 0 Å². The summed E-state index contributed by atoms with van der Waals surface area (Å²) in [6, 6.07) is 10.9. The molecule has 1 aliphatic rings. The SMILES string of the molecule is CC(O)C(C)(C)NS(=O)(=O)c1ccc(-c2ccnc3[nH]c(C4CC4)cc23)cc1. The van der Waals surface area contributed by atoms with Crippen molar-refractivity contribution in [3.63, 3.8) is 0 Å². The molecule has 0 saturated heterocycles. The number of aromatic nitrogens is 2. The van der Waals surface area contributed by atoms with E-state index < -0.39 is 21.7 Å². The van der Waals surface area contributed by atoms with E-state index in [1.807, 2.05) is 18.2 Å². The van der Waals surface area contributed by atoms with E-state index in [0.29, 0.717) is 5.92 Å². The van der Waals surface area contributed by atoms with Gasteiger partial charge < -0.3 is 10.1 Å². The molecule has 28 heavy (non-hydrogen) atoms. The number of hydrogen-bond acceptors (Lipinski definition) is 4. The van der Waals surface area contributed by atoms with E-state index in [9.17, 15) is 13.5 Å². The maximum Gasteiger partial charge on any atom is 0.241 e. The van der Waals surface area contributed by atoms with E-state index in [4.69, 9.17) is 0 Å². The Kier molecular flexibility index (Phi) is 4.56. The smallest absolute Gasteiger partial charge is 0.241 e. The standard InChI is InChI=1S/C21H25N3O3S/c1-13(25)21(2,3)24-28(26,27)16-8-6-14(7-9-16)17-10-11-22-20-18(17)12-19(23-20)15-4-5-15/h6-13,15,24-25H,4-5H2,1-3H3,(H,22,23). The Labute approximate surface area is 165 Å². The van der Waals surface area contributed by atoms with E-state index in [-0.39, 0.29) is 4.90 Å². The fourth-order valence-electron chi connectivity index (χ4n) is 3.22. The molecule has 1 aliphatic carbocycles. The van der Waals surface area contributed by atoms with Crippen LogP contribution in [0.25, 0.3) is 22.2 Å². The van der Waals surface area contributed by atoms with Crippen molar-refractivity contribution in [2.45, 2.75) is 56.1 Å². The number of aliphatic hydroxyl groups is 1. The summed E-state index contributed by atoms with van der Waals surface area (Å²) in [4.78, 5) is 8.00. The Morgan fingerprint density at radius 2 is 1.89 bits per heavy atom. The van der Waals surface area contributed by atoms with E-state index in [2.05, 4.69) is 20.8 Å². The van der Waals surface area contributed by atoms with Crippen molar-refractivity contribution in [3.05, 3.63) is 48.3 Å². The van der Waals surface area contributed by atoms with Crippen LogP contribution in [0.4, 0.5) is 0 Å². The highest BCUT2D eigenvalue weighted by molar-refractivity contribution is 7.89. The van der Waals surface area contributed by atoms with Crippen LogP contribution in [-0.2, 0) is 10.0 Å². The molecule has 0 amide bonds. The normalized spacial score (nSPS) is 16.4. The van der Waals surface area contributed by atoms with Gasteiger partial charge in [-0.1, -0.05) is 12.1 Å². The number of benzene rings is 1. The number of H-pyrrole nitrogens is 1. The summed E-state index contributed by atoms with van der Waals surface area (Å²) < 4.78 is 27.9. The lowest BCUT2D eigenvalue weighted by atomic mass is 10.0. The predicted molar refractivity (Wildman–Crippen MR) is 110 cm³/mol. The molecule has 148 valence electrons. The molecule has 4 rings (SSSR count). The van der Waals surface area contributed by atoms with Gasteiger partial charge in [-0.2, -0.15) is 0 Å². The van der Waals surface area contributed by atoms with Crippen LogP contribution in [0.1, 0.15) is 45.2 Å². The van der Waals surface area contributed by atoms with Crippen LogP contribution in [0.3, 0.4) is 0 Å². The number of sulfonamides is 1. The van der Waals surface area contributed by atoms with Crippen molar-refractivity contribution in [3.8, 4) is 11.1 Å². The number of nitrogens with one attached hydrogen (secondary N) is 2. The Bertz CT molecular complexity index is 1110. The molecule has 1 unspecified atom stereocenters. The van der Waals surface area contributed by atoms with Crippen LogP contribution in [0.5, 0.6) is 0 Å². The minimum absolute atomic E-state index is 0.169. The molecule has 2 heterocycles. The minimum Gasteiger partial charge on any atom is -0.391 e. The van der Waals surface area contributed by atoms with Gasteiger partial charge in [-0.25, -0.2) is 18.1 Å². The third-order valence-electron chi connectivity index (χ3n) is 5.49. The largest absolute Gasteiger partial charge is 0.391 e. The number of hydrogen-bond donors (Lipinski definition) is 3. The summed E-state index contributed by atoms with van der Waals surface area (Å²) in [7, 11) is -3.73. The van der Waals surface area contributed by atoms with Crippen molar-refractivity contribution in [2.24, 2.45) is 0 Å². The molecule has 2 aromatic heterocycles. The number of aromatic amines is 1. The first kappa shape index (κ1) is 19.1. The molecule has 6 nitrogen and oxygen atoms in total. The van der Waals surface area contributed by atoms with Crippen LogP contribution in [-0.4, -0.2) is 35.1 Å². The third kappa shape index (κ3) is 3.57. The van der Waals surface area contributed by atoms with Gasteiger partial charge in [0.1, 0.15) is 5.65 Å². The second-order valence-electron chi connectivity index (χ2n) is 8.15. The van der Waals surface area contributed by atoms with Gasteiger partial charge in [0.05, 0.1) is 16.5 Å². The predicted octanol–water partition coefficient (Wildman–Crippen LogP) is 3.55. The Balaban J connectivity index is 1.66. The van der Waals surface area contributed by atoms with Crippen LogP contribution in [0.2, 0.25) is 0 Å². The molecule has 1 saturated carbocycles. The van der Waals surface area contributed by atoms with Crippen molar-refractivity contribution >= 4 is 21.1 Å². The fourth-order valence-corrected chi connectivity index (χ4v) is 4.69. The zero-order valence-corrected chi connectivity index (χ0v) is 17.0. The summed E-state index contributed by atoms with van der Waals surface area (Å²) in [6.07, 6.45) is 3.37. The van der Waals surface area contributed by atoms with Gasteiger partial charge in [0, 0.05) is 17.3 Å². The Hall–Kier alpha value is -2.22. The fraction of sp³-hybridized carbons (Fsp3) is 0.381. The maximum atomic E-state index is 12.7. The van der Waals surface area contributed by atoms with Crippen molar-refractivity contribution in [2.75, 3.05) is 0 Å². The van der Waals surface area contributed by atoms with Crippen LogP contribution < -0.4 is 4.72 Å². The van der Waals surface area contributed by atoms with Gasteiger partial charge >= 0.3 is 0 Å². The number of pyridine rings is 1. The molecule has 0 aliphatic heterocycles. The average molecular weight is 400 g/mol. The molecule has 0 radical (unpaired) electrons. The monoisotopic (exact) mass is 399 g/mol. The van der Waals surface area contributed by atoms with Gasteiger partial charge in [0.25, 0.3) is 0 Å². The van der Waals surface area contributed by atoms with E-state index >= 15 is 0 Å². The maximum absolute atomic E-state index is 12.7. The molecule has 1 atom stereocenters. The quantitative estimate of drug-likeness (QED) is 0.591. The van der Waals surface area contributed by atoms with Crippen molar-refractivity contribution in [1.82, 2.24) is 14.7 Å². The van der Waals surface area contributed by atoms with Gasteiger partial charge in [-0.05, 0) is 74.9 Å². The zero-order chi connectivity index (χ0) is 20.1.